The van der Waals surface area contributed by atoms with Gasteiger partial charge in [-0.3, -0.25) is 0 Å². The van der Waals surface area contributed by atoms with Crippen LogP contribution in [0.3, 0.4) is 0 Å². The lowest BCUT2D eigenvalue weighted by Crippen LogP contribution is -2.13. The number of benzene rings is 2. The number of hydrogen-bond donors (Lipinski definition) is 0. The summed E-state index contributed by atoms with van der Waals surface area (Å²) in [7, 11) is 1.42. The van der Waals surface area contributed by atoms with Gasteiger partial charge in [0.05, 0.1) is 5.56 Å². The van der Waals surface area contributed by atoms with Crippen molar-refractivity contribution in [1.29, 1.82) is 0 Å². The third kappa shape index (κ3) is 5.73. The van der Waals surface area contributed by atoms with Crippen molar-refractivity contribution in [3.05, 3.63) is 59.7 Å². The molecule has 27 heavy (non-hydrogen) atoms. The van der Waals surface area contributed by atoms with Crippen molar-refractivity contribution in [2.45, 2.75) is 20.0 Å². The molecule has 0 aromatic heterocycles. The summed E-state index contributed by atoms with van der Waals surface area (Å²) in [6.45, 7) is 3.91. The highest BCUT2D eigenvalue weighted by molar-refractivity contribution is 6.47. The first kappa shape index (κ1) is 20.3. The molecule has 2 aromatic carbocycles. The highest BCUT2D eigenvalue weighted by Crippen LogP contribution is 2.32. The van der Waals surface area contributed by atoms with Gasteiger partial charge in [-0.2, -0.15) is 13.2 Å². The van der Waals surface area contributed by atoms with Gasteiger partial charge >= 0.3 is 6.18 Å². The summed E-state index contributed by atoms with van der Waals surface area (Å²) in [5, 5.41) is 7.87. The largest absolute Gasteiger partial charge is 0.457 e. The molecule has 0 aliphatic heterocycles. The zero-order valence-electron chi connectivity index (χ0n) is 15.1. The summed E-state index contributed by atoms with van der Waals surface area (Å²) in [5.74, 6) is 0.480. The molecule has 0 spiro atoms. The van der Waals surface area contributed by atoms with E-state index in [1.54, 1.807) is 38.1 Å². The molecule has 0 amide bonds. The molecule has 0 N–H and O–H groups in total. The maximum Gasteiger partial charge on any atom is 0.416 e. The molecule has 2 rings (SSSR count). The molecule has 0 atom stereocenters. The average molecular weight is 380 g/mol. The first-order valence-electron chi connectivity index (χ1n) is 8.08. The van der Waals surface area contributed by atoms with Crippen molar-refractivity contribution in [2.75, 3.05) is 13.7 Å². The van der Waals surface area contributed by atoms with Crippen LogP contribution >= 0.6 is 0 Å². The molecule has 0 aliphatic carbocycles. The van der Waals surface area contributed by atoms with Crippen LogP contribution in [0.15, 0.2) is 58.8 Å². The second-order valence-electron chi connectivity index (χ2n) is 5.37. The summed E-state index contributed by atoms with van der Waals surface area (Å²) in [6.07, 6.45) is -4.42. The van der Waals surface area contributed by atoms with Gasteiger partial charge in [0.15, 0.2) is 0 Å². The van der Waals surface area contributed by atoms with Crippen LogP contribution in [0.25, 0.3) is 0 Å². The Hall–Kier alpha value is -3.03. The van der Waals surface area contributed by atoms with Crippen LogP contribution < -0.4 is 4.74 Å². The fourth-order valence-electron chi connectivity index (χ4n) is 2.19. The van der Waals surface area contributed by atoms with Crippen LogP contribution in [0.2, 0.25) is 0 Å². The third-order valence-corrected chi connectivity index (χ3v) is 3.38. The quantitative estimate of drug-likeness (QED) is 0.486. The maximum absolute atomic E-state index is 12.8. The number of hydrogen-bond acceptors (Lipinski definition) is 5. The Bertz CT molecular complexity index is 816. The van der Waals surface area contributed by atoms with Crippen molar-refractivity contribution in [1.82, 2.24) is 0 Å². The van der Waals surface area contributed by atoms with E-state index in [0.717, 1.165) is 12.1 Å². The van der Waals surface area contributed by atoms with Crippen molar-refractivity contribution in [3.8, 4) is 11.5 Å². The van der Waals surface area contributed by atoms with Gasteiger partial charge in [-0.05, 0) is 56.3 Å². The van der Waals surface area contributed by atoms with E-state index in [2.05, 4.69) is 10.3 Å². The SMILES string of the molecule is CCO/N=C(/C(C)=N/OC)c1ccc(Oc2cccc(C(F)(F)F)c2)cc1. The minimum Gasteiger partial charge on any atom is -0.457 e. The van der Waals surface area contributed by atoms with Crippen molar-refractivity contribution < 1.29 is 27.6 Å². The molecule has 0 saturated heterocycles. The van der Waals surface area contributed by atoms with Crippen LogP contribution in [-0.2, 0) is 15.9 Å². The monoisotopic (exact) mass is 380 g/mol. The van der Waals surface area contributed by atoms with Crippen LogP contribution in [-0.4, -0.2) is 25.1 Å². The fraction of sp³-hybridized carbons (Fsp3) is 0.263. The van der Waals surface area contributed by atoms with E-state index >= 15 is 0 Å². The Balaban J connectivity index is 2.22. The zero-order chi connectivity index (χ0) is 19.9. The van der Waals surface area contributed by atoms with E-state index < -0.39 is 11.7 Å². The lowest BCUT2D eigenvalue weighted by Gasteiger charge is -2.11. The molecular weight excluding hydrogens is 361 g/mol. The summed E-state index contributed by atoms with van der Waals surface area (Å²) in [6, 6.07) is 11.3. The molecule has 5 nitrogen and oxygen atoms in total. The summed E-state index contributed by atoms with van der Waals surface area (Å²) in [4.78, 5) is 9.86. The molecule has 0 bridgehead atoms. The molecule has 0 fully saturated rings. The minimum atomic E-state index is -4.42. The molecule has 0 heterocycles. The topological polar surface area (TPSA) is 52.4 Å². The molecule has 0 radical (unpaired) electrons. The highest BCUT2D eigenvalue weighted by Gasteiger charge is 2.30. The van der Waals surface area contributed by atoms with Gasteiger partial charge in [-0.1, -0.05) is 16.4 Å². The normalized spacial score (nSPS) is 12.7. The van der Waals surface area contributed by atoms with Crippen molar-refractivity contribution >= 4 is 11.4 Å². The second kappa shape index (κ2) is 9.07. The highest BCUT2D eigenvalue weighted by atomic mass is 19.4. The van der Waals surface area contributed by atoms with E-state index in [1.165, 1.54) is 19.2 Å². The molecule has 0 saturated carbocycles. The summed E-state index contributed by atoms with van der Waals surface area (Å²) in [5.41, 5.74) is 0.911. The molecule has 2 aromatic rings. The number of halogens is 3. The van der Waals surface area contributed by atoms with Gasteiger partial charge in [0.1, 0.15) is 36.6 Å². The zero-order valence-corrected chi connectivity index (χ0v) is 15.1. The lowest BCUT2D eigenvalue weighted by molar-refractivity contribution is -0.137. The second-order valence-corrected chi connectivity index (χ2v) is 5.37. The number of nitrogens with zero attached hydrogens (tertiary/aromatic N) is 2. The number of alkyl halides is 3. The Morgan fingerprint density at radius 1 is 1.00 bits per heavy atom. The fourth-order valence-corrected chi connectivity index (χ4v) is 2.19. The summed E-state index contributed by atoms with van der Waals surface area (Å²) >= 11 is 0. The average Bonchev–Trinajstić information content (AvgIpc) is 2.63. The Labute approximate surface area is 155 Å². The Kier molecular flexibility index (Phi) is 6.81. The maximum atomic E-state index is 12.8. The molecule has 144 valence electrons. The van der Waals surface area contributed by atoms with Crippen molar-refractivity contribution in [3.63, 3.8) is 0 Å². The number of rotatable bonds is 7. The van der Waals surface area contributed by atoms with Crippen LogP contribution in [0.5, 0.6) is 11.5 Å². The molecule has 0 unspecified atom stereocenters. The van der Waals surface area contributed by atoms with Gasteiger partial charge in [0.25, 0.3) is 0 Å². The predicted molar refractivity (Wildman–Crippen MR) is 96.2 cm³/mol. The van der Waals surface area contributed by atoms with Gasteiger partial charge < -0.3 is 14.4 Å². The van der Waals surface area contributed by atoms with Gasteiger partial charge in [-0.15, -0.1) is 0 Å². The number of oxime groups is 2. The van der Waals surface area contributed by atoms with E-state index in [0.29, 0.717) is 29.3 Å². The van der Waals surface area contributed by atoms with Gasteiger partial charge in [-0.25, -0.2) is 0 Å². The standard InChI is InChI=1S/C19H19F3N2O3/c1-4-26-24-18(13(2)23-25-3)14-8-10-16(11-9-14)27-17-7-5-6-15(12-17)19(20,21)22/h5-12H,4H2,1-3H3/b23-13+,24-18-. The Morgan fingerprint density at radius 2 is 1.70 bits per heavy atom. The van der Waals surface area contributed by atoms with E-state index in [4.69, 9.17) is 14.4 Å². The molecule has 8 heteroatoms. The smallest absolute Gasteiger partial charge is 0.416 e. The summed E-state index contributed by atoms with van der Waals surface area (Å²) < 4.78 is 43.9. The predicted octanol–water partition coefficient (Wildman–Crippen LogP) is 5.26. The van der Waals surface area contributed by atoms with Crippen molar-refractivity contribution in [2.24, 2.45) is 10.3 Å². The van der Waals surface area contributed by atoms with Crippen LogP contribution in [0.1, 0.15) is 25.0 Å². The van der Waals surface area contributed by atoms with Gasteiger partial charge in [0.2, 0.25) is 0 Å². The first-order valence-corrected chi connectivity index (χ1v) is 8.08. The molecular formula is C19H19F3N2O3. The van der Waals surface area contributed by atoms with Crippen LogP contribution in [0, 0.1) is 0 Å². The first-order chi connectivity index (χ1) is 12.8. The van der Waals surface area contributed by atoms with Gasteiger partial charge in [0, 0.05) is 5.56 Å². The Morgan fingerprint density at radius 3 is 2.30 bits per heavy atom. The van der Waals surface area contributed by atoms with E-state index in [9.17, 15) is 13.2 Å². The third-order valence-electron chi connectivity index (χ3n) is 3.38. The molecule has 0 aliphatic rings. The number of ether oxygens (including phenoxy) is 1. The van der Waals surface area contributed by atoms with E-state index in [1.807, 2.05) is 0 Å². The lowest BCUT2D eigenvalue weighted by atomic mass is 10.1. The van der Waals surface area contributed by atoms with Crippen LogP contribution in [0.4, 0.5) is 13.2 Å². The minimum absolute atomic E-state index is 0.0953. The van der Waals surface area contributed by atoms with E-state index in [-0.39, 0.29) is 5.75 Å².